The van der Waals surface area contributed by atoms with Crippen LogP contribution in [0.5, 0.6) is 5.75 Å². The zero-order chi connectivity index (χ0) is 10.7. The maximum absolute atomic E-state index is 12.5. The van der Waals surface area contributed by atoms with Gasteiger partial charge in [-0.2, -0.15) is 0 Å². The number of hydrogen-bond acceptors (Lipinski definition) is 2. The van der Waals surface area contributed by atoms with Crippen LogP contribution in [0.4, 0.5) is 8.78 Å². The molecule has 0 saturated heterocycles. The largest absolute Gasteiger partial charge is 0.494 e. The van der Waals surface area contributed by atoms with Gasteiger partial charge >= 0.3 is 0 Å². The van der Waals surface area contributed by atoms with Gasteiger partial charge in [0, 0.05) is 22.7 Å². The highest BCUT2D eigenvalue weighted by atomic mass is 127. The molecule has 0 amide bonds. The highest BCUT2D eigenvalue weighted by molar-refractivity contribution is 14.1. The fraction of sp³-hybridized carbons (Fsp3) is 0.375. The van der Waals surface area contributed by atoms with Crippen LogP contribution < -0.4 is 4.74 Å². The van der Waals surface area contributed by atoms with Crippen molar-refractivity contribution in [2.24, 2.45) is 0 Å². The SMILES string of the molecule is COc1c(I)ncc(C(F)F)c1CBr. The summed E-state index contributed by atoms with van der Waals surface area (Å²) in [5.41, 5.74) is 0.376. The van der Waals surface area contributed by atoms with Crippen molar-refractivity contribution in [3.63, 3.8) is 0 Å². The average Bonchev–Trinajstić information content (AvgIpc) is 2.16. The van der Waals surface area contributed by atoms with Crippen LogP contribution in [0, 0.1) is 3.70 Å². The Morgan fingerprint density at radius 1 is 1.64 bits per heavy atom. The lowest BCUT2D eigenvalue weighted by Crippen LogP contribution is -2.01. The minimum atomic E-state index is -2.53. The Kier molecular flexibility index (Phi) is 4.49. The molecule has 6 heteroatoms. The summed E-state index contributed by atoms with van der Waals surface area (Å²) in [4.78, 5) is 3.84. The summed E-state index contributed by atoms with van der Waals surface area (Å²) in [6.45, 7) is 0. The van der Waals surface area contributed by atoms with Crippen LogP contribution in [0.3, 0.4) is 0 Å². The molecule has 0 bridgehead atoms. The van der Waals surface area contributed by atoms with Gasteiger partial charge in [-0.1, -0.05) is 15.9 Å². The first-order valence-corrected chi connectivity index (χ1v) is 5.87. The summed E-state index contributed by atoms with van der Waals surface area (Å²) in [6.07, 6.45) is -1.34. The maximum Gasteiger partial charge on any atom is 0.265 e. The van der Waals surface area contributed by atoms with E-state index in [0.717, 1.165) is 0 Å². The van der Waals surface area contributed by atoms with Gasteiger partial charge in [0.15, 0.2) is 5.75 Å². The van der Waals surface area contributed by atoms with Gasteiger partial charge < -0.3 is 4.74 Å². The van der Waals surface area contributed by atoms with E-state index in [-0.39, 0.29) is 5.56 Å². The Labute approximate surface area is 102 Å². The van der Waals surface area contributed by atoms with Gasteiger partial charge in [-0.25, -0.2) is 13.8 Å². The fourth-order valence-electron chi connectivity index (χ4n) is 1.05. The molecule has 0 radical (unpaired) electrons. The third-order valence-electron chi connectivity index (χ3n) is 1.70. The minimum absolute atomic E-state index is 0.0841. The zero-order valence-electron chi connectivity index (χ0n) is 7.23. The minimum Gasteiger partial charge on any atom is -0.494 e. The first-order valence-electron chi connectivity index (χ1n) is 3.67. The molecule has 14 heavy (non-hydrogen) atoms. The van der Waals surface area contributed by atoms with Crippen LogP contribution in [0.2, 0.25) is 0 Å². The number of nitrogens with zero attached hydrogens (tertiary/aromatic N) is 1. The molecule has 1 aromatic heterocycles. The van der Waals surface area contributed by atoms with Crippen LogP contribution in [0.25, 0.3) is 0 Å². The topological polar surface area (TPSA) is 22.1 Å². The van der Waals surface area contributed by atoms with E-state index in [9.17, 15) is 8.78 Å². The Bertz CT molecular complexity index is 335. The second kappa shape index (κ2) is 5.20. The molecule has 0 atom stereocenters. The Morgan fingerprint density at radius 3 is 2.71 bits per heavy atom. The third-order valence-corrected chi connectivity index (χ3v) is 3.03. The normalized spacial score (nSPS) is 10.7. The second-order valence-corrected chi connectivity index (χ2v) is 4.03. The monoisotopic (exact) mass is 377 g/mol. The second-order valence-electron chi connectivity index (χ2n) is 2.45. The van der Waals surface area contributed by atoms with Gasteiger partial charge in [-0.3, -0.25) is 0 Å². The van der Waals surface area contributed by atoms with Gasteiger partial charge in [-0.15, -0.1) is 0 Å². The van der Waals surface area contributed by atoms with Crippen molar-refractivity contribution in [3.05, 3.63) is 21.0 Å². The number of alkyl halides is 3. The summed E-state index contributed by atoms with van der Waals surface area (Å²) < 4.78 is 30.7. The van der Waals surface area contributed by atoms with Crippen LogP contribution >= 0.6 is 38.5 Å². The number of aromatic nitrogens is 1. The number of pyridine rings is 1. The lowest BCUT2D eigenvalue weighted by molar-refractivity contribution is 0.149. The molecule has 2 nitrogen and oxygen atoms in total. The van der Waals surface area contributed by atoms with Crippen molar-refractivity contribution < 1.29 is 13.5 Å². The molecule has 0 aromatic carbocycles. The predicted octanol–water partition coefficient (Wildman–Crippen LogP) is 3.53. The molecule has 0 fully saturated rings. The molecule has 1 aromatic rings. The first kappa shape index (κ1) is 12.1. The van der Waals surface area contributed by atoms with Crippen molar-refractivity contribution in [3.8, 4) is 5.75 Å². The Hall–Kier alpha value is 0.0200. The highest BCUT2D eigenvalue weighted by Crippen LogP contribution is 2.33. The number of rotatable bonds is 3. The first-order chi connectivity index (χ1) is 6.61. The van der Waals surface area contributed by atoms with Crippen LogP contribution in [0.15, 0.2) is 6.20 Å². The van der Waals surface area contributed by atoms with E-state index in [1.54, 1.807) is 0 Å². The predicted molar refractivity (Wildman–Crippen MR) is 61.1 cm³/mol. The van der Waals surface area contributed by atoms with Crippen molar-refractivity contribution in [1.82, 2.24) is 4.98 Å². The van der Waals surface area contributed by atoms with E-state index in [0.29, 0.717) is 20.3 Å². The van der Waals surface area contributed by atoms with E-state index >= 15 is 0 Å². The van der Waals surface area contributed by atoms with E-state index in [4.69, 9.17) is 4.74 Å². The molecular formula is C8H7BrF2INO. The van der Waals surface area contributed by atoms with Gasteiger partial charge in [0.05, 0.1) is 7.11 Å². The van der Waals surface area contributed by atoms with Crippen LogP contribution in [-0.4, -0.2) is 12.1 Å². The number of ether oxygens (including phenoxy) is 1. The summed E-state index contributed by atoms with van der Waals surface area (Å²) in [5.74, 6) is 0.417. The Morgan fingerprint density at radius 2 is 2.29 bits per heavy atom. The number of hydrogen-bond donors (Lipinski definition) is 0. The lowest BCUT2D eigenvalue weighted by Gasteiger charge is -2.11. The smallest absolute Gasteiger partial charge is 0.265 e. The molecule has 0 unspecified atom stereocenters. The van der Waals surface area contributed by atoms with E-state index < -0.39 is 6.43 Å². The molecule has 0 aliphatic rings. The molecular weight excluding hydrogens is 371 g/mol. The summed E-state index contributed by atoms with van der Waals surface area (Å²) in [5, 5.41) is 0.328. The Balaban J connectivity index is 3.33. The third kappa shape index (κ3) is 2.33. The quantitative estimate of drug-likeness (QED) is 0.456. The lowest BCUT2D eigenvalue weighted by atomic mass is 10.1. The summed E-state index contributed by atoms with van der Waals surface area (Å²) in [7, 11) is 1.45. The average molecular weight is 378 g/mol. The number of halogens is 4. The molecule has 0 aliphatic heterocycles. The van der Waals surface area contributed by atoms with Crippen molar-refractivity contribution in [1.29, 1.82) is 0 Å². The van der Waals surface area contributed by atoms with E-state index in [1.165, 1.54) is 13.3 Å². The van der Waals surface area contributed by atoms with E-state index in [2.05, 4.69) is 20.9 Å². The zero-order valence-corrected chi connectivity index (χ0v) is 11.0. The molecule has 0 spiro atoms. The molecule has 0 saturated carbocycles. The highest BCUT2D eigenvalue weighted by Gasteiger charge is 2.19. The van der Waals surface area contributed by atoms with Crippen LogP contribution in [0.1, 0.15) is 17.6 Å². The fourth-order valence-corrected chi connectivity index (χ4v) is 2.32. The summed E-state index contributed by atoms with van der Waals surface area (Å²) >= 11 is 5.11. The van der Waals surface area contributed by atoms with Gasteiger partial charge in [0.25, 0.3) is 6.43 Å². The maximum atomic E-state index is 12.5. The standard InChI is InChI=1S/C8H7BrF2INO/c1-14-6-4(2-9)5(7(10)11)3-13-8(6)12/h3,7H,2H2,1H3. The number of methoxy groups -OCH3 is 1. The van der Waals surface area contributed by atoms with Gasteiger partial charge in [-0.05, 0) is 22.6 Å². The molecule has 0 aliphatic carbocycles. The van der Waals surface area contributed by atoms with Gasteiger partial charge in [0.1, 0.15) is 3.70 Å². The van der Waals surface area contributed by atoms with Gasteiger partial charge in [0.2, 0.25) is 0 Å². The van der Waals surface area contributed by atoms with E-state index in [1.807, 2.05) is 22.6 Å². The molecule has 1 heterocycles. The van der Waals surface area contributed by atoms with Crippen LogP contribution in [-0.2, 0) is 5.33 Å². The summed E-state index contributed by atoms with van der Waals surface area (Å²) in [6, 6.07) is 0. The van der Waals surface area contributed by atoms with Crippen molar-refractivity contribution in [2.75, 3.05) is 7.11 Å². The van der Waals surface area contributed by atoms with Crippen molar-refractivity contribution >= 4 is 38.5 Å². The molecule has 0 N–H and O–H groups in total. The van der Waals surface area contributed by atoms with Crippen molar-refractivity contribution in [2.45, 2.75) is 11.8 Å². The molecule has 1 rings (SSSR count). The molecule has 78 valence electrons.